The van der Waals surface area contributed by atoms with E-state index in [9.17, 15) is 0 Å². The first-order valence-corrected chi connectivity index (χ1v) is 6.17. The molecule has 1 heterocycles. The molecule has 1 aliphatic rings. The second kappa shape index (κ2) is 5.61. The summed E-state index contributed by atoms with van der Waals surface area (Å²) in [5.74, 6) is 0.302. The summed E-state index contributed by atoms with van der Waals surface area (Å²) in [6.45, 7) is 5.17. The average molecular weight is 216 g/mol. The number of amidine groups is 1. The van der Waals surface area contributed by atoms with Gasteiger partial charge in [-0.3, -0.25) is 5.41 Å². The van der Waals surface area contributed by atoms with Crippen LogP contribution in [0.25, 0.3) is 0 Å². The number of nitrogens with one attached hydrogen (secondary N) is 1. The van der Waals surface area contributed by atoms with E-state index in [4.69, 9.17) is 15.9 Å². The molecule has 0 amide bonds. The smallest absolute Gasteiger partial charge is 0.0916 e. The van der Waals surface area contributed by atoms with Crippen molar-refractivity contribution in [2.45, 2.75) is 49.7 Å². The standard InChI is InChI=1S/C10H20N2OS/c1-3-8(6-10(11)12)14-9-4-5-13-7(9)2/h7-9H,3-6H2,1-2H3,(H3,11,12). The largest absolute Gasteiger partial charge is 0.388 e. The lowest BCUT2D eigenvalue weighted by Crippen LogP contribution is -2.22. The summed E-state index contributed by atoms with van der Waals surface area (Å²) < 4.78 is 5.51. The van der Waals surface area contributed by atoms with Crippen LogP contribution in [0.15, 0.2) is 0 Å². The Morgan fingerprint density at radius 1 is 1.71 bits per heavy atom. The van der Waals surface area contributed by atoms with Crippen LogP contribution in [0.1, 0.15) is 33.1 Å². The molecule has 1 aliphatic heterocycles. The van der Waals surface area contributed by atoms with Crippen LogP contribution in [0.3, 0.4) is 0 Å². The fourth-order valence-corrected chi connectivity index (χ4v) is 3.17. The highest BCUT2D eigenvalue weighted by molar-refractivity contribution is 8.00. The molecule has 0 saturated carbocycles. The minimum absolute atomic E-state index is 0.302. The van der Waals surface area contributed by atoms with E-state index in [-0.39, 0.29) is 0 Å². The summed E-state index contributed by atoms with van der Waals surface area (Å²) in [5.41, 5.74) is 5.42. The number of nitrogens with two attached hydrogens (primary N) is 1. The molecule has 1 fully saturated rings. The summed E-state index contributed by atoms with van der Waals surface area (Å²) in [6.07, 6.45) is 3.29. The molecule has 0 spiro atoms. The van der Waals surface area contributed by atoms with Crippen LogP contribution in [-0.4, -0.2) is 29.0 Å². The lowest BCUT2D eigenvalue weighted by atomic mass is 10.2. The van der Waals surface area contributed by atoms with Crippen molar-refractivity contribution in [1.29, 1.82) is 5.41 Å². The van der Waals surface area contributed by atoms with Gasteiger partial charge in [-0.15, -0.1) is 0 Å². The van der Waals surface area contributed by atoms with Crippen LogP contribution in [0, 0.1) is 5.41 Å². The molecule has 1 saturated heterocycles. The summed E-state index contributed by atoms with van der Waals surface area (Å²) >= 11 is 1.94. The number of ether oxygens (including phenoxy) is 1. The zero-order valence-electron chi connectivity index (χ0n) is 8.95. The first kappa shape index (κ1) is 11.9. The van der Waals surface area contributed by atoms with Crippen molar-refractivity contribution in [3.05, 3.63) is 0 Å². The molecule has 3 N–H and O–H groups in total. The van der Waals surface area contributed by atoms with Gasteiger partial charge in [0.2, 0.25) is 0 Å². The summed E-state index contributed by atoms with van der Waals surface area (Å²) in [5, 5.41) is 8.37. The van der Waals surface area contributed by atoms with Gasteiger partial charge in [-0.05, 0) is 19.8 Å². The molecule has 0 aliphatic carbocycles. The normalized spacial score (nSPS) is 29.0. The van der Waals surface area contributed by atoms with Gasteiger partial charge in [0.1, 0.15) is 0 Å². The van der Waals surface area contributed by atoms with Crippen LogP contribution >= 0.6 is 11.8 Å². The van der Waals surface area contributed by atoms with Crippen LogP contribution < -0.4 is 5.73 Å². The molecule has 0 radical (unpaired) electrons. The zero-order valence-corrected chi connectivity index (χ0v) is 9.77. The van der Waals surface area contributed by atoms with E-state index >= 15 is 0 Å². The molecule has 0 bridgehead atoms. The van der Waals surface area contributed by atoms with Crippen molar-refractivity contribution in [2.24, 2.45) is 5.73 Å². The Morgan fingerprint density at radius 3 is 2.86 bits per heavy atom. The molecule has 3 nitrogen and oxygen atoms in total. The third kappa shape index (κ3) is 3.50. The molecule has 0 aromatic heterocycles. The Labute approximate surface area is 90.3 Å². The number of rotatable bonds is 5. The van der Waals surface area contributed by atoms with Crippen LogP contribution in [-0.2, 0) is 4.74 Å². The zero-order chi connectivity index (χ0) is 10.6. The second-order valence-corrected chi connectivity index (χ2v) is 5.34. The first-order chi connectivity index (χ1) is 6.63. The van der Waals surface area contributed by atoms with Crippen molar-refractivity contribution >= 4 is 17.6 Å². The van der Waals surface area contributed by atoms with E-state index < -0.39 is 0 Å². The number of hydrogen-bond donors (Lipinski definition) is 2. The highest BCUT2D eigenvalue weighted by Gasteiger charge is 2.27. The topological polar surface area (TPSA) is 59.1 Å². The number of hydrogen-bond acceptors (Lipinski definition) is 3. The van der Waals surface area contributed by atoms with Gasteiger partial charge in [0, 0.05) is 23.5 Å². The molecule has 3 unspecified atom stereocenters. The molecule has 1 rings (SSSR count). The van der Waals surface area contributed by atoms with Gasteiger partial charge in [0.15, 0.2) is 0 Å². The third-order valence-corrected chi connectivity index (χ3v) is 4.43. The Morgan fingerprint density at radius 2 is 2.43 bits per heavy atom. The summed E-state index contributed by atoms with van der Waals surface area (Å²) in [7, 11) is 0. The SMILES string of the molecule is CCC(CC(=N)N)SC1CCOC1C. The maximum absolute atomic E-state index is 7.29. The third-order valence-electron chi connectivity index (χ3n) is 2.58. The van der Waals surface area contributed by atoms with E-state index in [1.165, 1.54) is 0 Å². The molecule has 0 aromatic carbocycles. The van der Waals surface area contributed by atoms with E-state index in [0.717, 1.165) is 19.4 Å². The van der Waals surface area contributed by atoms with Crippen LogP contribution in [0.2, 0.25) is 0 Å². The van der Waals surface area contributed by atoms with E-state index in [2.05, 4.69) is 13.8 Å². The molecule has 3 atom stereocenters. The van der Waals surface area contributed by atoms with Gasteiger partial charge in [-0.1, -0.05) is 6.92 Å². The summed E-state index contributed by atoms with van der Waals surface area (Å²) in [4.78, 5) is 0. The minimum atomic E-state index is 0.302. The van der Waals surface area contributed by atoms with Crippen molar-refractivity contribution in [1.82, 2.24) is 0 Å². The molecular weight excluding hydrogens is 196 g/mol. The van der Waals surface area contributed by atoms with Gasteiger partial charge in [0.25, 0.3) is 0 Å². The molecule has 4 heteroatoms. The van der Waals surface area contributed by atoms with Gasteiger partial charge >= 0.3 is 0 Å². The van der Waals surface area contributed by atoms with Gasteiger partial charge < -0.3 is 10.5 Å². The van der Waals surface area contributed by atoms with Crippen molar-refractivity contribution < 1.29 is 4.74 Å². The first-order valence-electron chi connectivity index (χ1n) is 5.23. The Bertz CT molecular complexity index is 199. The molecule has 82 valence electrons. The Hall–Kier alpha value is -0.220. The fraction of sp³-hybridized carbons (Fsp3) is 0.900. The Kier molecular flexibility index (Phi) is 4.75. The van der Waals surface area contributed by atoms with Crippen molar-refractivity contribution in [2.75, 3.05) is 6.61 Å². The van der Waals surface area contributed by atoms with Gasteiger partial charge in [-0.25, -0.2) is 0 Å². The van der Waals surface area contributed by atoms with E-state index in [0.29, 0.717) is 28.9 Å². The predicted molar refractivity (Wildman–Crippen MR) is 62.0 cm³/mol. The van der Waals surface area contributed by atoms with Crippen LogP contribution in [0.5, 0.6) is 0 Å². The molecular formula is C10H20N2OS. The quantitative estimate of drug-likeness (QED) is 0.546. The highest BCUT2D eigenvalue weighted by Crippen LogP contribution is 2.32. The predicted octanol–water partition coefficient (Wildman–Crippen LogP) is 2.00. The molecule has 14 heavy (non-hydrogen) atoms. The second-order valence-electron chi connectivity index (χ2n) is 3.80. The van der Waals surface area contributed by atoms with E-state index in [1.807, 2.05) is 11.8 Å². The average Bonchev–Trinajstić information content (AvgIpc) is 2.50. The van der Waals surface area contributed by atoms with Gasteiger partial charge in [-0.2, -0.15) is 11.8 Å². The van der Waals surface area contributed by atoms with Crippen molar-refractivity contribution in [3.8, 4) is 0 Å². The number of thioether (sulfide) groups is 1. The maximum atomic E-state index is 7.29. The Balaban J connectivity index is 2.35. The molecule has 0 aromatic rings. The lowest BCUT2D eigenvalue weighted by Gasteiger charge is -2.20. The lowest BCUT2D eigenvalue weighted by molar-refractivity contribution is 0.127. The van der Waals surface area contributed by atoms with Crippen LogP contribution in [0.4, 0.5) is 0 Å². The summed E-state index contributed by atoms with van der Waals surface area (Å²) in [6, 6.07) is 0. The minimum Gasteiger partial charge on any atom is -0.388 e. The van der Waals surface area contributed by atoms with E-state index in [1.54, 1.807) is 0 Å². The monoisotopic (exact) mass is 216 g/mol. The van der Waals surface area contributed by atoms with Gasteiger partial charge in [0.05, 0.1) is 11.9 Å². The van der Waals surface area contributed by atoms with Crippen molar-refractivity contribution in [3.63, 3.8) is 0 Å². The maximum Gasteiger partial charge on any atom is 0.0916 e. The highest BCUT2D eigenvalue weighted by atomic mass is 32.2. The fourth-order valence-electron chi connectivity index (χ4n) is 1.67.